The number of benzene rings is 1. The van der Waals surface area contributed by atoms with E-state index in [2.05, 4.69) is 25.9 Å². The van der Waals surface area contributed by atoms with Gasteiger partial charge in [0.1, 0.15) is 19.0 Å². The minimum absolute atomic E-state index is 0.205. The molecule has 0 unspecified atom stereocenters. The van der Waals surface area contributed by atoms with Crippen LogP contribution >= 0.6 is 15.9 Å². The fourth-order valence-corrected chi connectivity index (χ4v) is 2.07. The highest BCUT2D eigenvalue weighted by Gasteiger charge is 2.09. The van der Waals surface area contributed by atoms with Crippen molar-refractivity contribution in [2.24, 2.45) is 0 Å². The quantitative estimate of drug-likeness (QED) is 0.619. The van der Waals surface area contributed by atoms with Crippen molar-refractivity contribution >= 4 is 32.8 Å². The molecule has 5 nitrogen and oxygen atoms in total. The van der Waals surface area contributed by atoms with Gasteiger partial charge in [-0.15, -0.1) is 0 Å². The zero-order valence-corrected chi connectivity index (χ0v) is 12.9. The van der Waals surface area contributed by atoms with Crippen LogP contribution in [0.1, 0.15) is 19.7 Å². The van der Waals surface area contributed by atoms with Crippen LogP contribution in [-0.4, -0.2) is 29.2 Å². The second-order valence-corrected chi connectivity index (χ2v) is 5.06. The first kappa shape index (κ1) is 14.7. The second kappa shape index (κ2) is 6.65. The Morgan fingerprint density at radius 2 is 2.10 bits per heavy atom. The van der Waals surface area contributed by atoms with Gasteiger partial charge in [-0.3, -0.25) is 4.79 Å². The van der Waals surface area contributed by atoms with E-state index in [1.807, 2.05) is 25.1 Å². The topological polar surface area (TPSA) is 61.3 Å². The normalized spacial score (nSPS) is 10.6. The summed E-state index contributed by atoms with van der Waals surface area (Å²) in [5.74, 6) is 0.917. The zero-order chi connectivity index (χ0) is 14.5. The Hall–Kier alpha value is -1.69. The van der Waals surface area contributed by atoms with E-state index >= 15 is 0 Å². The lowest BCUT2D eigenvalue weighted by Gasteiger charge is -2.10. The Bertz CT molecular complexity index is 631. The average Bonchev–Trinajstić information content (AvgIpc) is 2.43. The van der Waals surface area contributed by atoms with Crippen LogP contribution < -0.4 is 4.74 Å². The number of fused-ring (bicyclic) bond motifs is 1. The fraction of sp³-hybridized carbons (Fsp3) is 0.357. The zero-order valence-electron chi connectivity index (χ0n) is 11.4. The first-order valence-electron chi connectivity index (χ1n) is 6.32. The Morgan fingerprint density at radius 3 is 2.80 bits per heavy atom. The largest absolute Gasteiger partial charge is 0.474 e. The van der Waals surface area contributed by atoms with E-state index in [1.54, 1.807) is 0 Å². The summed E-state index contributed by atoms with van der Waals surface area (Å²) in [6.45, 7) is 3.83. The second-order valence-electron chi connectivity index (χ2n) is 4.15. The summed E-state index contributed by atoms with van der Waals surface area (Å²) in [6.07, 6.45) is 0.728. The van der Waals surface area contributed by atoms with Crippen LogP contribution in [0.25, 0.3) is 10.9 Å². The molecular weight excluding hydrogens is 324 g/mol. The first-order chi connectivity index (χ1) is 9.60. The molecule has 106 valence electrons. The van der Waals surface area contributed by atoms with E-state index < -0.39 is 0 Å². The first-order valence-corrected chi connectivity index (χ1v) is 7.11. The molecule has 1 heterocycles. The van der Waals surface area contributed by atoms with Crippen LogP contribution in [-0.2, 0) is 16.0 Å². The number of esters is 1. The van der Waals surface area contributed by atoms with Crippen molar-refractivity contribution in [3.8, 4) is 5.88 Å². The molecule has 1 aromatic carbocycles. The SMILES string of the molecule is CCc1nc(OCCOC(C)=O)c2cc(Br)ccc2n1. The molecule has 1 aromatic heterocycles. The summed E-state index contributed by atoms with van der Waals surface area (Å²) in [6, 6.07) is 5.76. The molecule has 6 heteroatoms. The van der Waals surface area contributed by atoms with Crippen molar-refractivity contribution in [1.29, 1.82) is 0 Å². The monoisotopic (exact) mass is 338 g/mol. The number of ether oxygens (including phenoxy) is 2. The van der Waals surface area contributed by atoms with Crippen LogP contribution in [0.3, 0.4) is 0 Å². The molecule has 0 aliphatic rings. The maximum atomic E-state index is 10.7. The number of halogens is 1. The van der Waals surface area contributed by atoms with E-state index in [-0.39, 0.29) is 19.2 Å². The molecule has 20 heavy (non-hydrogen) atoms. The van der Waals surface area contributed by atoms with E-state index in [9.17, 15) is 4.79 Å². The lowest BCUT2D eigenvalue weighted by Crippen LogP contribution is -2.11. The number of rotatable bonds is 5. The third-order valence-electron chi connectivity index (χ3n) is 2.61. The van der Waals surface area contributed by atoms with Crippen molar-refractivity contribution in [2.45, 2.75) is 20.3 Å². The summed E-state index contributed by atoms with van der Waals surface area (Å²) in [4.78, 5) is 19.5. The van der Waals surface area contributed by atoms with Crippen molar-refractivity contribution in [3.05, 3.63) is 28.5 Å². The van der Waals surface area contributed by atoms with Crippen LogP contribution in [0.4, 0.5) is 0 Å². The maximum absolute atomic E-state index is 10.7. The third-order valence-corrected chi connectivity index (χ3v) is 3.11. The number of hydrogen-bond donors (Lipinski definition) is 0. The van der Waals surface area contributed by atoms with Crippen LogP contribution in [0.2, 0.25) is 0 Å². The van der Waals surface area contributed by atoms with Crippen molar-refractivity contribution in [2.75, 3.05) is 13.2 Å². The van der Waals surface area contributed by atoms with Gasteiger partial charge in [0.25, 0.3) is 0 Å². The molecule has 0 radical (unpaired) electrons. The summed E-state index contributed by atoms with van der Waals surface area (Å²) in [5.41, 5.74) is 0.836. The van der Waals surface area contributed by atoms with Crippen molar-refractivity contribution in [3.63, 3.8) is 0 Å². The molecule has 0 amide bonds. The number of carbonyl (C=O) groups excluding carboxylic acids is 1. The summed E-state index contributed by atoms with van der Waals surface area (Å²) >= 11 is 3.42. The molecule has 2 rings (SSSR count). The molecule has 0 aliphatic carbocycles. The van der Waals surface area contributed by atoms with Gasteiger partial charge in [-0.25, -0.2) is 4.98 Å². The molecule has 0 bridgehead atoms. The summed E-state index contributed by atoms with van der Waals surface area (Å²) in [7, 11) is 0. The lowest BCUT2D eigenvalue weighted by atomic mass is 10.2. The molecule has 0 fully saturated rings. The Morgan fingerprint density at radius 1 is 1.30 bits per heavy atom. The third kappa shape index (κ3) is 3.66. The molecule has 0 atom stereocenters. The standard InChI is InChI=1S/C14H15BrN2O3/c1-3-13-16-12-5-4-10(15)8-11(12)14(17-13)20-7-6-19-9(2)18/h4-5,8H,3,6-7H2,1-2H3. The number of carbonyl (C=O) groups is 1. The van der Waals surface area contributed by atoms with E-state index in [1.165, 1.54) is 6.92 Å². The predicted molar refractivity (Wildman–Crippen MR) is 78.7 cm³/mol. The highest BCUT2D eigenvalue weighted by atomic mass is 79.9. The Balaban J connectivity index is 2.24. The van der Waals surface area contributed by atoms with Crippen LogP contribution in [0.15, 0.2) is 22.7 Å². The van der Waals surface area contributed by atoms with Gasteiger partial charge < -0.3 is 9.47 Å². The van der Waals surface area contributed by atoms with E-state index in [0.717, 1.165) is 27.6 Å². The van der Waals surface area contributed by atoms with Gasteiger partial charge in [0.2, 0.25) is 5.88 Å². The van der Waals surface area contributed by atoms with Crippen LogP contribution in [0.5, 0.6) is 5.88 Å². The molecule has 0 N–H and O–H groups in total. The number of hydrogen-bond acceptors (Lipinski definition) is 5. The predicted octanol–water partition coefficient (Wildman–Crippen LogP) is 2.90. The summed E-state index contributed by atoms with van der Waals surface area (Å²) < 4.78 is 11.4. The number of aryl methyl sites for hydroxylation is 1. The van der Waals surface area contributed by atoms with Gasteiger partial charge in [0.05, 0.1) is 10.9 Å². The molecule has 0 spiro atoms. The average molecular weight is 339 g/mol. The van der Waals surface area contributed by atoms with Gasteiger partial charge in [0.15, 0.2) is 0 Å². The molecular formula is C14H15BrN2O3. The smallest absolute Gasteiger partial charge is 0.302 e. The molecule has 0 saturated heterocycles. The number of aromatic nitrogens is 2. The highest BCUT2D eigenvalue weighted by molar-refractivity contribution is 9.10. The summed E-state index contributed by atoms with van der Waals surface area (Å²) in [5, 5.41) is 0.833. The lowest BCUT2D eigenvalue weighted by molar-refractivity contribution is -0.141. The molecule has 0 aliphatic heterocycles. The maximum Gasteiger partial charge on any atom is 0.302 e. The van der Waals surface area contributed by atoms with Gasteiger partial charge in [-0.1, -0.05) is 22.9 Å². The minimum atomic E-state index is -0.321. The van der Waals surface area contributed by atoms with Gasteiger partial charge >= 0.3 is 5.97 Å². The molecule has 2 aromatic rings. The highest BCUT2D eigenvalue weighted by Crippen LogP contribution is 2.26. The van der Waals surface area contributed by atoms with Crippen molar-refractivity contribution in [1.82, 2.24) is 9.97 Å². The fourth-order valence-electron chi connectivity index (χ4n) is 1.71. The number of nitrogens with zero attached hydrogens (tertiary/aromatic N) is 2. The van der Waals surface area contributed by atoms with E-state index in [0.29, 0.717) is 5.88 Å². The van der Waals surface area contributed by atoms with Crippen molar-refractivity contribution < 1.29 is 14.3 Å². The van der Waals surface area contributed by atoms with Gasteiger partial charge in [-0.05, 0) is 18.2 Å². The van der Waals surface area contributed by atoms with Gasteiger partial charge in [0, 0.05) is 17.8 Å². The Labute approximate surface area is 125 Å². The Kier molecular flexibility index (Phi) is 4.89. The van der Waals surface area contributed by atoms with Crippen LogP contribution in [0, 0.1) is 0 Å². The minimum Gasteiger partial charge on any atom is -0.474 e. The van der Waals surface area contributed by atoms with E-state index in [4.69, 9.17) is 9.47 Å². The molecule has 0 saturated carbocycles. The van der Waals surface area contributed by atoms with Gasteiger partial charge in [-0.2, -0.15) is 4.98 Å².